The van der Waals surface area contributed by atoms with Crippen LogP contribution in [0.3, 0.4) is 0 Å². The number of carbonyl (C=O) groups is 2. The highest BCUT2D eigenvalue weighted by molar-refractivity contribution is 5.94. The molecule has 0 spiro atoms. The van der Waals surface area contributed by atoms with Crippen LogP contribution in [-0.4, -0.2) is 12.1 Å². The molecule has 0 bridgehead atoms. The molecule has 0 aromatic heterocycles. The summed E-state index contributed by atoms with van der Waals surface area (Å²) in [5.74, 6) is 0.0609. The molecule has 1 atom stereocenters. The molecular formula is C8H12O2. The summed E-state index contributed by atoms with van der Waals surface area (Å²) in [6.45, 7) is 3.79. The zero-order valence-corrected chi connectivity index (χ0v) is 6.33. The number of carbonyl (C=O) groups excluding carboxylic acids is 2. The largest absolute Gasteiger partial charge is 0.299 e. The Balaban J connectivity index is 3.83. The Labute approximate surface area is 60.9 Å². The Hall–Kier alpha value is -0.920. The zero-order valence-electron chi connectivity index (χ0n) is 6.33. The standard InChI is InChI=1S/C8H12O2/c1-3-7(2)8(10)5-4-6-9/h4-7H,3H2,1-2H3. The van der Waals surface area contributed by atoms with Crippen molar-refractivity contribution in [1.29, 1.82) is 0 Å². The lowest BCUT2D eigenvalue weighted by molar-refractivity contribution is -0.118. The van der Waals surface area contributed by atoms with E-state index in [0.717, 1.165) is 6.42 Å². The van der Waals surface area contributed by atoms with Crippen molar-refractivity contribution in [3.05, 3.63) is 12.2 Å². The maximum atomic E-state index is 10.9. The van der Waals surface area contributed by atoms with Crippen LogP contribution in [0.4, 0.5) is 0 Å². The summed E-state index contributed by atoms with van der Waals surface area (Å²) >= 11 is 0. The van der Waals surface area contributed by atoms with Gasteiger partial charge < -0.3 is 0 Å². The monoisotopic (exact) mass is 140 g/mol. The lowest BCUT2D eigenvalue weighted by atomic mass is 10.0. The van der Waals surface area contributed by atoms with Crippen LogP contribution in [0.2, 0.25) is 0 Å². The van der Waals surface area contributed by atoms with Gasteiger partial charge in [-0.1, -0.05) is 13.8 Å². The molecule has 0 aliphatic rings. The number of hydrogen-bond acceptors (Lipinski definition) is 2. The van der Waals surface area contributed by atoms with Crippen LogP contribution in [-0.2, 0) is 9.59 Å². The number of rotatable bonds is 4. The molecule has 0 saturated carbocycles. The fraction of sp³-hybridized carbons (Fsp3) is 0.500. The van der Waals surface area contributed by atoms with Gasteiger partial charge in [-0.15, -0.1) is 0 Å². The lowest BCUT2D eigenvalue weighted by Gasteiger charge is -2.00. The van der Waals surface area contributed by atoms with Crippen molar-refractivity contribution in [2.75, 3.05) is 0 Å². The van der Waals surface area contributed by atoms with Crippen molar-refractivity contribution in [3.8, 4) is 0 Å². The van der Waals surface area contributed by atoms with Gasteiger partial charge in [-0.2, -0.15) is 0 Å². The quantitative estimate of drug-likeness (QED) is 0.436. The Morgan fingerprint density at radius 2 is 2.20 bits per heavy atom. The third-order valence-corrected chi connectivity index (χ3v) is 1.44. The molecule has 0 aromatic rings. The predicted octanol–water partition coefficient (Wildman–Crippen LogP) is 1.36. The van der Waals surface area contributed by atoms with E-state index in [1.807, 2.05) is 13.8 Å². The van der Waals surface area contributed by atoms with Gasteiger partial charge >= 0.3 is 0 Å². The van der Waals surface area contributed by atoms with Gasteiger partial charge in [0.05, 0.1) is 0 Å². The van der Waals surface area contributed by atoms with Crippen LogP contribution in [0.15, 0.2) is 12.2 Å². The Kier molecular flexibility index (Phi) is 4.46. The van der Waals surface area contributed by atoms with Gasteiger partial charge in [0.25, 0.3) is 0 Å². The van der Waals surface area contributed by atoms with E-state index in [4.69, 9.17) is 0 Å². The summed E-state index contributed by atoms with van der Waals surface area (Å²) in [7, 11) is 0. The van der Waals surface area contributed by atoms with Crippen molar-refractivity contribution in [3.63, 3.8) is 0 Å². The average Bonchev–Trinajstić information content (AvgIpc) is 1.98. The summed E-state index contributed by atoms with van der Waals surface area (Å²) in [5.41, 5.74) is 0. The van der Waals surface area contributed by atoms with Crippen LogP contribution >= 0.6 is 0 Å². The molecule has 10 heavy (non-hydrogen) atoms. The number of allylic oxidation sites excluding steroid dienone is 2. The molecular weight excluding hydrogens is 128 g/mol. The van der Waals surface area contributed by atoms with Crippen molar-refractivity contribution in [2.45, 2.75) is 20.3 Å². The molecule has 2 nitrogen and oxygen atoms in total. The molecule has 0 aromatic carbocycles. The van der Waals surface area contributed by atoms with Gasteiger partial charge in [0.1, 0.15) is 6.29 Å². The van der Waals surface area contributed by atoms with Gasteiger partial charge in [-0.05, 0) is 18.6 Å². The van der Waals surface area contributed by atoms with Crippen molar-refractivity contribution >= 4 is 12.1 Å². The van der Waals surface area contributed by atoms with E-state index in [0.29, 0.717) is 6.29 Å². The minimum Gasteiger partial charge on any atom is -0.299 e. The van der Waals surface area contributed by atoms with Gasteiger partial charge in [0.2, 0.25) is 0 Å². The van der Waals surface area contributed by atoms with E-state index in [9.17, 15) is 9.59 Å². The second-order valence-corrected chi connectivity index (χ2v) is 2.21. The first-order chi connectivity index (χ1) is 4.72. The maximum absolute atomic E-state index is 10.9. The van der Waals surface area contributed by atoms with E-state index in [1.165, 1.54) is 12.2 Å². The van der Waals surface area contributed by atoms with Crippen LogP contribution in [0.1, 0.15) is 20.3 Å². The third-order valence-electron chi connectivity index (χ3n) is 1.44. The summed E-state index contributed by atoms with van der Waals surface area (Å²) in [4.78, 5) is 20.7. The first kappa shape index (κ1) is 9.08. The highest BCUT2D eigenvalue weighted by Gasteiger charge is 2.04. The number of ketones is 1. The van der Waals surface area contributed by atoms with E-state index in [2.05, 4.69) is 0 Å². The first-order valence-corrected chi connectivity index (χ1v) is 3.38. The average molecular weight is 140 g/mol. The van der Waals surface area contributed by atoms with E-state index < -0.39 is 0 Å². The fourth-order valence-electron chi connectivity index (χ4n) is 0.500. The predicted molar refractivity (Wildman–Crippen MR) is 39.7 cm³/mol. The van der Waals surface area contributed by atoms with Crippen LogP contribution in [0.25, 0.3) is 0 Å². The summed E-state index contributed by atoms with van der Waals surface area (Å²) < 4.78 is 0. The van der Waals surface area contributed by atoms with Gasteiger partial charge in [-0.3, -0.25) is 9.59 Å². The Morgan fingerprint density at radius 3 is 2.60 bits per heavy atom. The molecule has 0 saturated heterocycles. The molecule has 1 unspecified atom stereocenters. The van der Waals surface area contributed by atoms with E-state index in [1.54, 1.807) is 0 Å². The molecule has 0 fully saturated rings. The van der Waals surface area contributed by atoms with Gasteiger partial charge in [0.15, 0.2) is 5.78 Å². The summed E-state index contributed by atoms with van der Waals surface area (Å²) in [5, 5.41) is 0. The molecule has 0 N–H and O–H groups in total. The topological polar surface area (TPSA) is 34.1 Å². The smallest absolute Gasteiger partial charge is 0.158 e. The number of aldehydes is 1. The molecule has 2 heteroatoms. The molecule has 0 heterocycles. The SMILES string of the molecule is CCC(C)C(=O)C=CC=O. The minimum atomic E-state index is 0.0228. The Bertz CT molecular complexity index is 147. The summed E-state index contributed by atoms with van der Waals surface area (Å²) in [6, 6.07) is 0. The maximum Gasteiger partial charge on any atom is 0.158 e. The van der Waals surface area contributed by atoms with Crippen molar-refractivity contribution < 1.29 is 9.59 Å². The molecule has 0 rings (SSSR count). The molecule has 56 valence electrons. The second-order valence-electron chi connectivity index (χ2n) is 2.21. The van der Waals surface area contributed by atoms with E-state index in [-0.39, 0.29) is 11.7 Å². The van der Waals surface area contributed by atoms with E-state index >= 15 is 0 Å². The fourth-order valence-corrected chi connectivity index (χ4v) is 0.500. The molecule has 0 radical (unpaired) electrons. The summed E-state index contributed by atoms with van der Waals surface area (Å²) in [6.07, 6.45) is 3.98. The van der Waals surface area contributed by atoms with Crippen LogP contribution < -0.4 is 0 Å². The number of hydrogen-bond donors (Lipinski definition) is 0. The Morgan fingerprint density at radius 1 is 1.60 bits per heavy atom. The van der Waals surface area contributed by atoms with Crippen molar-refractivity contribution in [2.24, 2.45) is 5.92 Å². The molecule has 0 amide bonds. The lowest BCUT2D eigenvalue weighted by Crippen LogP contribution is -2.05. The van der Waals surface area contributed by atoms with Gasteiger partial charge in [0, 0.05) is 5.92 Å². The van der Waals surface area contributed by atoms with Crippen LogP contribution in [0.5, 0.6) is 0 Å². The minimum absolute atomic E-state index is 0.0228. The van der Waals surface area contributed by atoms with Gasteiger partial charge in [-0.25, -0.2) is 0 Å². The normalized spacial score (nSPS) is 13.4. The second kappa shape index (κ2) is 4.91. The highest BCUT2D eigenvalue weighted by atomic mass is 16.1. The zero-order chi connectivity index (χ0) is 7.98. The third kappa shape index (κ3) is 3.17. The van der Waals surface area contributed by atoms with Crippen LogP contribution in [0, 0.1) is 5.92 Å². The van der Waals surface area contributed by atoms with Crippen molar-refractivity contribution in [1.82, 2.24) is 0 Å². The first-order valence-electron chi connectivity index (χ1n) is 3.38. The molecule has 0 aliphatic heterocycles. The molecule has 0 aliphatic carbocycles. The highest BCUT2D eigenvalue weighted by Crippen LogP contribution is 2.01.